The van der Waals surface area contributed by atoms with Gasteiger partial charge in [-0.05, 0) is 43.2 Å². The first kappa shape index (κ1) is 16.7. The van der Waals surface area contributed by atoms with Gasteiger partial charge in [0.1, 0.15) is 0 Å². The van der Waals surface area contributed by atoms with Crippen LogP contribution in [0.15, 0.2) is 18.2 Å². The van der Waals surface area contributed by atoms with Gasteiger partial charge in [0.25, 0.3) is 0 Å². The fourth-order valence-electron chi connectivity index (χ4n) is 3.34. The molecule has 22 heavy (non-hydrogen) atoms. The van der Waals surface area contributed by atoms with E-state index in [0.29, 0.717) is 12.4 Å². The molecule has 1 aromatic rings. The van der Waals surface area contributed by atoms with Crippen molar-refractivity contribution in [3.05, 3.63) is 33.9 Å². The van der Waals surface area contributed by atoms with Crippen LogP contribution in [0.5, 0.6) is 5.75 Å². The van der Waals surface area contributed by atoms with Gasteiger partial charge in [0.05, 0.1) is 11.5 Å². The summed E-state index contributed by atoms with van der Waals surface area (Å²) < 4.78 is 5.63. The van der Waals surface area contributed by atoms with Crippen LogP contribution in [0.1, 0.15) is 32.3 Å². The lowest BCUT2D eigenvalue weighted by Crippen LogP contribution is -2.39. The molecule has 1 aromatic carbocycles. The van der Waals surface area contributed by atoms with Crippen LogP contribution in [-0.4, -0.2) is 36.1 Å². The van der Waals surface area contributed by atoms with Crippen molar-refractivity contribution in [2.24, 2.45) is 11.8 Å². The monoisotopic (exact) mass is 306 g/mol. The van der Waals surface area contributed by atoms with E-state index in [-0.39, 0.29) is 10.6 Å². The quantitative estimate of drug-likeness (QED) is 0.457. The molecule has 0 spiro atoms. The molecule has 2 atom stereocenters. The van der Waals surface area contributed by atoms with Crippen molar-refractivity contribution >= 4 is 5.69 Å². The summed E-state index contributed by atoms with van der Waals surface area (Å²) in [5, 5.41) is 11.0. The van der Waals surface area contributed by atoms with Crippen LogP contribution in [0.25, 0.3) is 0 Å². The van der Waals surface area contributed by atoms with E-state index in [1.807, 2.05) is 13.0 Å². The zero-order chi connectivity index (χ0) is 16.1. The van der Waals surface area contributed by atoms with Crippen molar-refractivity contribution in [1.29, 1.82) is 0 Å². The van der Waals surface area contributed by atoms with E-state index in [9.17, 15) is 10.1 Å². The van der Waals surface area contributed by atoms with Crippen molar-refractivity contribution in [1.82, 2.24) is 4.90 Å². The lowest BCUT2D eigenvalue weighted by atomic mass is 9.92. The highest BCUT2D eigenvalue weighted by atomic mass is 16.6. The fraction of sp³-hybridized carbons (Fsp3) is 0.647. The number of hydrogen-bond acceptors (Lipinski definition) is 4. The van der Waals surface area contributed by atoms with Gasteiger partial charge in [0.2, 0.25) is 0 Å². The molecule has 0 amide bonds. The van der Waals surface area contributed by atoms with Gasteiger partial charge in [0, 0.05) is 25.7 Å². The predicted octanol–water partition coefficient (Wildman–Crippen LogP) is 3.65. The topological polar surface area (TPSA) is 55.6 Å². The minimum absolute atomic E-state index is 0.0558. The van der Waals surface area contributed by atoms with Crippen LogP contribution < -0.4 is 4.74 Å². The van der Waals surface area contributed by atoms with Crippen LogP contribution in [-0.2, 0) is 0 Å². The van der Waals surface area contributed by atoms with E-state index in [1.54, 1.807) is 12.1 Å². The largest absolute Gasteiger partial charge is 0.487 e. The Morgan fingerprint density at radius 2 is 2.00 bits per heavy atom. The lowest BCUT2D eigenvalue weighted by molar-refractivity contribution is -0.385. The van der Waals surface area contributed by atoms with Crippen molar-refractivity contribution in [2.75, 3.05) is 26.2 Å². The molecule has 0 N–H and O–H groups in total. The van der Waals surface area contributed by atoms with E-state index in [0.717, 1.165) is 43.5 Å². The zero-order valence-electron chi connectivity index (χ0n) is 13.7. The van der Waals surface area contributed by atoms with Gasteiger partial charge >= 0.3 is 5.69 Å². The van der Waals surface area contributed by atoms with Crippen molar-refractivity contribution in [3.63, 3.8) is 0 Å². The summed E-state index contributed by atoms with van der Waals surface area (Å²) in [6.07, 6.45) is 2.20. The molecular weight excluding hydrogens is 280 g/mol. The SMILES string of the molecule is Cc1ccc(OCCCN2CC(C)CC(C)C2)c([N+](=O)[O-])c1. The van der Waals surface area contributed by atoms with Crippen LogP contribution >= 0.6 is 0 Å². The number of benzene rings is 1. The fourth-order valence-corrected chi connectivity index (χ4v) is 3.34. The summed E-state index contributed by atoms with van der Waals surface area (Å²) in [4.78, 5) is 13.1. The molecule has 0 saturated carbocycles. The Hall–Kier alpha value is -1.62. The molecule has 5 nitrogen and oxygen atoms in total. The molecule has 2 unspecified atom stereocenters. The summed E-state index contributed by atoms with van der Waals surface area (Å²) >= 11 is 0. The van der Waals surface area contributed by atoms with Gasteiger partial charge in [-0.1, -0.05) is 19.9 Å². The van der Waals surface area contributed by atoms with Crippen molar-refractivity contribution in [2.45, 2.75) is 33.6 Å². The number of rotatable bonds is 6. The number of aryl methyl sites for hydroxylation is 1. The first-order valence-electron chi connectivity index (χ1n) is 8.06. The van der Waals surface area contributed by atoms with Crippen LogP contribution in [0.3, 0.4) is 0 Å². The standard InChI is InChI=1S/C17H26N2O3/c1-13-5-6-17(16(10-13)19(20)21)22-8-4-7-18-11-14(2)9-15(3)12-18/h5-6,10,14-15H,4,7-9,11-12H2,1-3H3. The average Bonchev–Trinajstić information content (AvgIpc) is 2.43. The van der Waals surface area contributed by atoms with Gasteiger partial charge in [0.15, 0.2) is 5.75 Å². The second-order valence-corrected chi connectivity index (χ2v) is 6.64. The van der Waals surface area contributed by atoms with Gasteiger partial charge in [-0.15, -0.1) is 0 Å². The molecule has 2 rings (SSSR count). The molecule has 1 aliphatic rings. The third-order valence-corrected chi connectivity index (χ3v) is 4.13. The first-order chi connectivity index (χ1) is 10.5. The molecule has 0 bridgehead atoms. The van der Waals surface area contributed by atoms with Crippen LogP contribution in [0.2, 0.25) is 0 Å². The third kappa shape index (κ3) is 4.70. The molecule has 0 radical (unpaired) electrons. The van der Waals surface area contributed by atoms with Crippen LogP contribution in [0, 0.1) is 28.9 Å². The lowest BCUT2D eigenvalue weighted by Gasteiger charge is -2.34. The van der Waals surface area contributed by atoms with Gasteiger partial charge in [-0.3, -0.25) is 10.1 Å². The number of ether oxygens (including phenoxy) is 1. The number of nitro groups is 1. The Bertz CT molecular complexity index is 509. The Kier molecular flexibility index (Phi) is 5.77. The Morgan fingerprint density at radius 3 is 2.64 bits per heavy atom. The maximum absolute atomic E-state index is 11.0. The number of piperidine rings is 1. The molecule has 1 saturated heterocycles. The number of hydrogen-bond donors (Lipinski definition) is 0. The summed E-state index contributed by atoms with van der Waals surface area (Å²) in [6, 6.07) is 5.10. The molecular formula is C17H26N2O3. The smallest absolute Gasteiger partial charge is 0.311 e. The third-order valence-electron chi connectivity index (χ3n) is 4.13. The number of nitrogens with zero attached hydrogens (tertiary/aromatic N) is 2. The highest BCUT2D eigenvalue weighted by Gasteiger charge is 2.21. The number of nitro benzene ring substituents is 1. The maximum atomic E-state index is 11.0. The summed E-state index contributed by atoms with van der Waals surface area (Å²) in [5.74, 6) is 1.88. The molecule has 122 valence electrons. The summed E-state index contributed by atoms with van der Waals surface area (Å²) in [7, 11) is 0. The zero-order valence-corrected chi connectivity index (χ0v) is 13.7. The normalized spacial score (nSPS) is 22.5. The molecule has 0 aromatic heterocycles. The molecule has 1 heterocycles. The first-order valence-corrected chi connectivity index (χ1v) is 8.06. The minimum Gasteiger partial charge on any atom is -0.487 e. The molecule has 1 fully saturated rings. The number of likely N-dealkylation sites (tertiary alicyclic amines) is 1. The summed E-state index contributed by atoms with van der Waals surface area (Å²) in [5.41, 5.74) is 0.926. The summed E-state index contributed by atoms with van der Waals surface area (Å²) in [6.45, 7) is 10.3. The van der Waals surface area contributed by atoms with Crippen LogP contribution in [0.4, 0.5) is 5.69 Å². The molecule has 0 aliphatic carbocycles. The van der Waals surface area contributed by atoms with Gasteiger partial charge in [-0.2, -0.15) is 0 Å². The Labute approximate surface area is 132 Å². The van der Waals surface area contributed by atoms with Crippen molar-refractivity contribution in [3.8, 4) is 5.75 Å². The van der Waals surface area contributed by atoms with E-state index in [4.69, 9.17) is 4.74 Å². The average molecular weight is 306 g/mol. The maximum Gasteiger partial charge on any atom is 0.311 e. The van der Waals surface area contributed by atoms with E-state index in [2.05, 4.69) is 18.7 Å². The minimum atomic E-state index is -0.379. The highest BCUT2D eigenvalue weighted by Crippen LogP contribution is 2.28. The molecule has 5 heteroatoms. The van der Waals surface area contributed by atoms with E-state index >= 15 is 0 Å². The van der Waals surface area contributed by atoms with Gasteiger partial charge in [-0.25, -0.2) is 0 Å². The van der Waals surface area contributed by atoms with Crippen molar-refractivity contribution < 1.29 is 9.66 Å². The second kappa shape index (κ2) is 7.58. The van der Waals surface area contributed by atoms with E-state index < -0.39 is 0 Å². The second-order valence-electron chi connectivity index (χ2n) is 6.64. The predicted molar refractivity (Wildman–Crippen MR) is 87.3 cm³/mol. The Balaban J connectivity index is 1.80. The molecule has 1 aliphatic heterocycles. The Morgan fingerprint density at radius 1 is 1.32 bits per heavy atom. The highest BCUT2D eigenvalue weighted by molar-refractivity contribution is 5.48. The van der Waals surface area contributed by atoms with Gasteiger partial charge < -0.3 is 9.64 Å². The van der Waals surface area contributed by atoms with E-state index in [1.165, 1.54) is 6.42 Å².